The van der Waals surface area contributed by atoms with Crippen molar-refractivity contribution >= 4 is 34.2 Å². The van der Waals surface area contributed by atoms with Crippen molar-refractivity contribution < 1.29 is 4.79 Å². The van der Waals surface area contributed by atoms with Crippen LogP contribution < -0.4 is 0 Å². The minimum Gasteiger partial charge on any atom is -0.289 e. The Morgan fingerprint density at radius 2 is 1.73 bits per heavy atom. The molecule has 3 rings (SSSR count). The summed E-state index contributed by atoms with van der Waals surface area (Å²) in [4.78, 5) is 12.5. The van der Waals surface area contributed by atoms with Crippen LogP contribution in [0.1, 0.15) is 21.5 Å². The lowest BCUT2D eigenvalue weighted by Gasteiger charge is -2.06. The molecule has 3 aromatic carbocycles. The van der Waals surface area contributed by atoms with Crippen LogP contribution in [-0.2, 0) is 0 Å². The van der Waals surface area contributed by atoms with Crippen molar-refractivity contribution in [3.63, 3.8) is 0 Å². The smallest absolute Gasteiger partial charge is 0.186 e. The molecule has 2 heteroatoms. The van der Waals surface area contributed by atoms with E-state index in [2.05, 4.69) is 6.92 Å². The molecule has 108 valence electrons. The third-order valence-corrected chi connectivity index (χ3v) is 3.92. The van der Waals surface area contributed by atoms with Gasteiger partial charge in [-0.3, -0.25) is 4.79 Å². The number of halogens is 1. The average Bonchev–Trinajstić information content (AvgIpc) is 2.53. The van der Waals surface area contributed by atoms with E-state index in [1.54, 1.807) is 12.2 Å². The minimum absolute atomic E-state index is 0.00354. The zero-order chi connectivity index (χ0) is 15.5. The Labute approximate surface area is 134 Å². The predicted octanol–water partition coefficient (Wildman–Crippen LogP) is 5.70. The van der Waals surface area contributed by atoms with Gasteiger partial charge in [-0.25, -0.2) is 0 Å². The van der Waals surface area contributed by atoms with Crippen LogP contribution in [0.25, 0.3) is 16.8 Å². The van der Waals surface area contributed by atoms with Crippen molar-refractivity contribution in [2.45, 2.75) is 6.92 Å². The van der Waals surface area contributed by atoms with E-state index in [-0.39, 0.29) is 5.78 Å². The van der Waals surface area contributed by atoms with Crippen LogP contribution in [0.3, 0.4) is 0 Å². The molecule has 0 aliphatic carbocycles. The Hall–Kier alpha value is -2.38. The maximum absolute atomic E-state index is 12.5. The largest absolute Gasteiger partial charge is 0.289 e. The first kappa shape index (κ1) is 14.6. The zero-order valence-corrected chi connectivity index (χ0v) is 13.0. The summed E-state index contributed by atoms with van der Waals surface area (Å²) in [7, 11) is 0. The Morgan fingerprint density at radius 1 is 0.955 bits per heavy atom. The van der Waals surface area contributed by atoms with Gasteiger partial charge in [0, 0.05) is 10.6 Å². The van der Waals surface area contributed by atoms with Crippen molar-refractivity contribution in [1.82, 2.24) is 0 Å². The highest BCUT2D eigenvalue weighted by molar-refractivity contribution is 6.30. The van der Waals surface area contributed by atoms with Crippen LogP contribution in [0, 0.1) is 6.92 Å². The molecule has 0 aliphatic rings. The monoisotopic (exact) mass is 306 g/mol. The Morgan fingerprint density at radius 3 is 2.50 bits per heavy atom. The van der Waals surface area contributed by atoms with Gasteiger partial charge in [-0.2, -0.15) is 0 Å². The first-order valence-electron chi connectivity index (χ1n) is 7.11. The van der Waals surface area contributed by atoms with E-state index in [1.165, 1.54) is 5.56 Å². The number of allylic oxidation sites excluding steroid dienone is 1. The minimum atomic E-state index is -0.00354. The SMILES string of the molecule is Cc1ccc(C(=O)/C=C/c2cccc(Cl)c2)c2ccccc12. The van der Waals surface area contributed by atoms with Gasteiger partial charge in [-0.15, -0.1) is 0 Å². The molecule has 0 N–H and O–H groups in total. The molecule has 0 spiro atoms. The molecule has 0 radical (unpaired) electrons. The van der Waals surface area contributed by atoms with Gasteiger partial charge in [-0.05, 0) is 47.0 Å². The van der Waals surface area contributed by atoms with Gasteiger partial charge in [0.05, 0.1) is 0 Å². The first-order chi connectivity index (χ1) is 10.6. The number of hydrogen-bond acceptors (Lipinski definition) is 1. The third kappa shape index (κ3) is 2.95. The summed E-state index contributed by atoms with van der Waals surface area (Å²) in [5.41, 5.74) is 2.81. The summed E-state index contributed by atoms with van der Waals surface area (Å²) in [6.45, 7) is 2.05. The second-order valence-corrected chi connectivity index (χ2v) is 5.66. The summed E-state index contributed by atoms with van der Waals surface area (Å²) in [6, 6.07) is 19.3. The zero-order valence-electron chi connectivity index (χ0n) is 12.2. The van der Waals surface area contributed by atoms with E-state index in [0.717, 1.165) is 21.9 Å². The number of ketones is 1. The molecule has 0 fully saturated rings. The summed E-state index contributed by atoms with van der Waals surface area (Å²) in [6.07, 6.45) is 3.39. The van der Waals surface area contributed by atoms with Gasteiger partial charge in [0.2, 0.25) is 0 Å². The fraction of sp³-hybridized carbons (Fsp3) is 0.0500. The number of benzene rings is 3. The standard InChI is InChI=1S/C20H15ClO/c1-14-9-11-19(18-8-3-2-7-17(14)18)20(22)12-10-15-5-4-6-16(21)13-15/h2-13H,1H3/b12-10+. The molecule has 22 heavy (non-hydrogen) atoms. The lowest BCUT2D eigenvalue weighted by molar-refractivity contribution is 0.104. The molecule has 0 bridgehead atoms. The molecule has 0 saturated heterocycles. The van der Waals surface area contributed by atoms with Gasteiger partial charge in [0.1, 0.15) is 0 Å². The quantitative estimate of drug-likeness (QED) is 0.448. The molecule has 0 heterocycles. The third-order valence-electron chi connectivity index (χ3n) is 3.68. The normalized spacial score (nSPS) is 11.2. The van der Waals surface area contributed by atoms with Crippen molar-refractivity contribution in [1.29, 1.82) is 0 Å². The molecule has 1 nitrogen and oxygen atoms in total. The van der Waals surface area contributed by atoms with Crippen LogP contribution >= 0.6 is 11.6 Å². The molecular weight excluding hydrogens is 292 g/mol. The highest BCUT2D eigenvalue weighted by Gasteiger charge is 2.08. The van der Waals surface area contributed by atoms with Crippen LogP contribution in [0.2, 0.25) is 5.02 Å². The number of carbonyl (C=O) groups excluding carboxylic acids is 1. The Balaban J connectivity index is 1.98. The fourth-order valence-corrected chi connectivity index (χ4v) is 2.74. The summed E-state index contributed by atoms with van der Waals surface area (Å²) in [5, 5.41) is 2.77. The van der Waals surface area contributed by atoms with Crippen LogP contribution in [0.5, 0.6) is 0 Å². The van der Waals surface area contributed by atoms with E-state index >= 15 is 0 Å². The van der Waals surface area contributed by atoms with Crippen molar-refractivity contribution in [3.05, 3.63) is 88.5 Å². The van der Waals surface area contributed by atoms with Crippen LogP contribution in [0.4, 0.5) is 0 Å². The highest BCUT2D eigenvalue weighted by Crippen LogP contribution is 2.23. The van der Waals surface area contributed by atoms with Gasteiger partial charge in [0.25, 0.3) is 0 Å². The molecule has 0 atom stereocenters. The number of aryl methyl sites for hydroxylation is 1. The van der Waals surface area contributed by atoms with E-state index < -0.39 is 0 Å². The number of rotatable bonds is 3. The van der Waals surface area contributed by atoms with Crippen molar-refractivity contribution in [2.24, 2.45) is 0 Å². The van der Waals surface area contributed by atoms with E-state index in [4.69, 9.17) is 11.6 Å². The average molecular weight is 307 g/mol. The van der Waals surface area contributed by atoms with Crippen molar-refractivity contribution in [3.8, 4) is 0 Å². The molecule has 0 aliphatic heterocycles. The maximum atomic E-state index is 12.5. The van der Waals surface area contributed by atoms with Gasteiger partial charge >= 0.3 is 0 Å². The van der Waals surface area contributed by atoms with Crippen molar-refractivity contribution in [2.75, 3.05) is 0 Å². The summed E-state index contributed by atoms with van der Waals surface area (Å²) < 4.78 is 0. The van der Waals surface area contributed by atoms with Crippen LogP contribution in [0.15, 0.2) is 66.7 Å². The molecule has 0 saturated carbocycles. The lowest BCUT2D eigenvalue weighted by atomic mass is 9.97. The topological polar surface area (TPSA) is 17.1 Å². The molecule has 0 unspecified atom stereocenters. The van der Waals surface area contributed by atoms with Gasteiger partial charge in [0.15, 0.2) is 5.78 Å². The Kier molecular flexibility index (Phi) is 4.08. The maximum Gasteiger partial charge on any atom is 0.186 e. The highest BCUT2D eigenvalue weighted by atomic mass is 35.5. The van der Waals surface area contributed by atoms with Gasteiger partial charge in [-0.1, -0.05) is 66.2 Å². The van der Waals surface area contributed by atoms with E-state index in [9.17, 15) is 4.79 Å². The lowest BCUT2D eigenvalue weighted by Crippen LogP contribution is -1.96. The first-order valence-corrected chi connectivity index (χ1v) is 7.49. The Bertz CT molecular complexity index is 878. The van der Waals surface area contributed by atoms with E-state index in [0.29, 0.717) is 5.02 Å². The summed E-state index contributed by atoms with van der Waals surface area (Å²) in [5.74, 6) is -0.00354. The number of hydrogen-bond donors (Lipinski definition) is 0. The molecular formula is C20H15ClO. The number of carbonyl (C=O) groups is 1. The molecule has 0 amide bonds. The predicted molar refractivity (Wildman–Crippen MR) is 93.5 cm³/mol. The summed E-state index contributed by atoms with van der Waals surface area (Å²) >= 11 is 5.95. The molecule has 3 aromatic rings. The molecule has 0 aromatic heterocycles. The van der Waals surface area contributed by atoms with E-state index in [1.807, 2.05) is 60.7 Å². The second-order valence-electron chi connectivity index (χ2n) is 5.23. The van der Waals surface area contributed by atoms with Gasteiger partial charge < -0.3 is 0 Å². The number of fused-ring (bicyclic) bond motifs is 1. The fourth-order valence-electron chi connectivity index (χ4n) is 2.54. The second kappa shape index (κ2) is 6.17. The van der Waals surface area contributed by atoms with Crippen LogP contribution in [-0.4, -0.2) is 5.78 Å².